The number of para-hydroxylation sites is 3. The number of methoxy groups -OCH3 is 1. The molecule has 7 heteroatoms. The Balaban J connectivity index is 1.73. The fraction of sp³-hybridized carbons (Fsp3) is 0.158. The van der Waals surface area contributed by atoms with Crippen LogP contribution in [0, 0.1) is 0 Å². The number of imidazole rings is 1. The van der Waals surface area contributed by atoms with Crippen molar-refractivity contribution in [2.45, 2.75) is 13.2 Å². The van der Waals surface area contributed by atoms with Gasteiger partial charge in [0.1, 0.15) is 12.4 Å². The van der Waals surface area contributed by atoms with E-state index in [0.29, 0.717) is 16.8 Å². The second-order valence-electron chi connectivity index (χ2n) is 5.35. The highest BCUT2D eigenvalue weighted by Crippen LogP contribution is 2.23. The number of aromatic nitrogens is 2. The summed E-state index contributed by atoms with van der Waals surface area (Å²) in [4.78, 5) is 16.0. The van der Waals surface area contributed by atoms with E-state index < -0.39 is 12.5 Å². The lowest BCUT2D eigenvalue weighted by Crippen LogP contribution is -2.09. The lowest BCUT2D eigenvalue weighted by molar-refractivity contribution is -0.139. The smallest absolute Gasteiger partial charge is 0.331 e. The topological polar surface area (TPSA) is 53.4 Å². The molecule has 1 heterocycles. The molecule has 0 aliphatic carbocycles. The second kappa shape index (κ2) is 7.77. The summed E-state index contributed by atoms with van der Waals surface area (Å²) >= 11 is 0. The molecule has 0 N–H and O–H groups in total. The van der Waals surface area contributed by atoms with Crippen LogP contribution < -0.4 is 4.74 Å². The fourth-order valence-corrected chi connectivity index (χ4v) is 2.56. The van der Waals surface area contributed by atoms with Crippen molar-refractivity contribution in [1.29, 1.82) is 0 Å². The summed E-state index contributed by atoms with van der Waals surface area (Å²) in [7, 11) is 1.53. The molecule has 0 aliphatic rings. The van der Waals surface area contributed by atoms with Gasteiger partial charge in [0, 0.05) is 11.6 Å². The number of carbonyl (C=O) groups is 1. The maximum atomic E-state index is 13.3. The summed E-state index contributed by atoms with van der Waals surface area (Å²) in [6.45, 7) is -3.13. The van der Waals surface area contributed by atoms with Crippen LogP contribution in [0.5, 0.6) is 5.75 Å². The number of ether oxygens (including phenoxy) is 2. The first-order valence-electron chi connectivity index (χ1n) is 7.82. The van der Waals surface area contributed by atoms with Crippen LogP contribution in [0.1, 0.15) is 17.9 Å². The summed E-state index contributed by atoms with van der Waals surface area (Å²) < 4.78 is 37.6. The maximum absolute atomic E-state index is 13.3. The van der Waals surface area contributed by atoms with E-state index in [1.165, 1.54) is 19.3 Å². The molecule has 3 aromatic rings. The van der Waals surface area contributed by atoms with E-state index in [2.05, 4.69) is 4.98 Å². The highest BCUT2D eigenvalue weighted by Gasteiger charge is 2.18. The third-order valence-electron chi connectivity index (χ3n) is 3.75. The van der Waals surface area contributed by atoms with Crippen molar-refractivity contribution in [1.82, 2.24) is 9.55 Å². The van der Waals surface area contributed by atoms with Gasteiger partial charge in [0.25, 0.3) is 0 Å². The summed E-state index contributed by atoms with van der Waals surface area (Å²) in [6.07, 6.45) is 2.75. The third-order valence-corrected chi connectivity index (χ3v) is 3.75. The SMILES string of the molecule is COc1ccccc1/C=C/C(=O)OCc1nc2ccccc2n1C(F)F. The zero-order valence-electron chi connectivity index (χ0n) is 13.9. The molecule has 0 aliphatic heterocycles. The zero-order valence-corrected chi connectivity index (χ0v) is 13.9. The largest absolute Gasteiger partial charge is 0.496 e. The minimum atomic E-state index is -2.78. The molecule has 3 rings (SSSR count). The summed E-state index contributed by atoms with van der Waals surface area (Å²) in [5, 5.41) is 0. The van der Waals surface area contributed by atoms with Crippen LogP contribution in [-0.2, 0) is 16.1 Å². The number of nitrogens with zero attached hydrogens (tertiary/aromatic N) is 2. The molecule has 0 amide bonds. The number of hydrogen-bond acceptors (Lipinski definition) is 4. The lowest BCUT2D eigenvalue weighted by Gasteiger charge is -2.07. The van der Waals surface area contributed by atoms with Crippen LogP contribution in [-0.4, -0.2) is 22.6 Å². The molecule has 1 aromatic heterocycles. The van der Waals surface area contributed by atoms with Crippen molar-refractivity contribution in [2.24, 2.45) is 0 Å². The monoisotopic (exact) mass is 358 g/mol. The summed E-state index contributed by atoms with van der Waals surface area (Å²) in [5.74, 6) is -0.0694. The van der Waals surface area contributed by atoms with Gasteiger partial charge < -0.3 is 9.47 Å². The van der Waals surface area contributed by atoms with Crippen LogP contribution in [0.4, 0.5) is 8.78 Å². The van der Waals surface area contributed by atoms with Gasteiger partial charge in [-0.15, -0.1) is 0 Å². The number of rotatable bonds is 6. The highest BCUT2D eigenvalue weighted by molar-refractivity contribution is 5.87. The van der Waals surface area contributed by atoms with E-state index in [0.717, 1.165) is 4.57 Å². The fourth-order valence-electron chi connectivity index (χ4n) is 2.56. The predicted molar refractivity (Wildman–Crippen MR) is 92.8 cm³/mol. The van der Waals surface area contributed by atoms with Gasteiger partial charge in [0.15, 0.2) is 5.82 Å². The van der Waals surface area contributed by atoms with Gasteiger partial charge in [-0.2, -0.15) is 8.78 Å². The first kappa shape index (κ1) is 17.6. The van der Waals surface area contributed by atoms with E-state index in [4.69, 9.17) is 9.47 Å². The number of carbonyl (C=O) groups excluding carboxylic acids is 1. The molecule has 0 radical (unpaired) electrons. The second-order valence-corrected chi connectivity index (χ2v) is 5.35. The third kappa shape index (κ3) is 3.72. The molecule has 0 spiro atoms. The number of esters is 1. The number of fused-ring (bicyclic) bond motifs is 1. The number of hydrogen-bond donors (Lipinski definition) is 0. The van der Waals surface area contributed by atoms with E-state index in [1.54, 1.807) is 42.5 Å². The summed E-state index contributed by atoms with van der Waals surface area (Å²) in [5.41, 5.74) is 1.41. The standard InChI is InChI=1S/C19H16F2N2O3/c1-25-16-9-5-2-6-13(16)10-11-18(24)26-12-17-22-14-7-3-4-8-15(14)23(17)19(20)21/h2-11,19H,12H2,1H3/b11-10+. The Morgan fingerprint density at radius 2 is 1.92 bits per heavy atom. The quantitative estimate of drug-likeness (QED) is 0.490. The van der Waals surface area contributed by atoms with Crippen LogP contribution >= 0.6 is 0 Å². The van der Waals surface area contributed by atoms with Gasteiger partial charge >= 0.3 is 12.5 Å². The molecule has 26 heavy (non-hydrogen) atoms. The average Bonchev–Trinajstić information content (AvgIpc) is 3.03. The molecule has 0 unspecified atom stereocenters. The molecule has 0 atom stereocenters. The molecule has 0 fully saturated rings. The normalized spacial score (nSPS) is 11.4. The molecule has 5 nitrogen and oxygen atoms in total. The Morgan fingerprint density at radius 3 is 2.69 bits per heavy atom. The van der Waals surface area contributed by atoms with E-state index in [1.807, 2.05) is 6.07 Å². The minimum absolute atomic E-state index is 0.0137. The average molecular weight is 358 g/mol. The van der Waals surface area contributed by atoms with Crippen LogP contribution in [0.3, 0.4) is 0 Å². The molecule has 2 aromatic carbocycles. The van der Waals surface area contributed by atoms with Gasteiger partial charge in [0.05, 0.1) is 18.1 Å². The Bertz CT molecular complexity index is 951. The van der Waals surface area contributed by atoms with E-state index >= 15 is 0 Å². The number of halogens is 2. The van der Waals surface area contributed by atoms with Gasteiger partial charge in [-0.3, -0.25) is 4.57 Å². The van der Waals surface area contributed by atoms with Gasteiger partial charge in [0.2, 0.25) is 0 Å². The van der Waals surface area contributed by atoms with Crippen LogP contribution in [0.25, 0.3) is 17.1 Å². The van der Waals surface area contributed by atoms with Crippen LogP contribution in [0.15, 0.2) is 54.6 Å². The first-order valence-corrected chi connectivity index (χ1v) is 7.82. The van der Waals surface area contributed by atoms with Crippen molar-refractivity contribution in [3.63, 3.8) is 0 Å². The zero-order chi connectivity index (χ0) is 18.5. The van der Waals surface area contributed by atoms with Crippen LogP contribution in [0.2, 0.25) is 0 Å². The predicted octanol–water partition coefficient (Wildman–Crippen LogP) is 4.20. The van der Waals surface area contributed by atoms with Gasteiger partial charge in [-0.05, 0) is 24.3 Å². The Kier molecular flexibility index (Phi) is 5.26. The number of benzene rings is 2. The molecule has 0 saturated carbocycles. The highest BCUT2D eigenvalue weighted by atomic mass is 19.3. The lowest BCUT2D eigenvalue weighted by atomic mass is 10.2. The Labute approximate surface area is 148 Å². The molecular weight excluding hydrogens is 342 g/mol. The van der Waals surface area contributed by atoms with Crippen molar-refractivity contribution in [3.05, 3.63) is 66.0 Å². The molecule has 0 bridgehead atoms. The molecule has 134 valence electrons. The number of alkyl halides is 2. The van der Waals surface area contributed by atoms with Crippen molar-refractivity contribution in [3.8, 4) is 5.75 Å². The van der Waals surface area contributed by atoms with Crippen molar-refractivity contribution in [2.75, 3.05) is 7.11 Å². The first-order chi connectivity index (χ1) is 12.6. The van der Waals surface area contributed by atoms with E-state index in [-0.39, 0.29) is 17.9 Å². The Hall–Kier alpha value is -3.22. The Morgan fingerprint density at radius 1 is 1.19 bits per heavy atom. The molecular formula is C19H16F2N2O3. The van der Waals surface area contributed by atoms with Crippen molar-refractivity contribution >= 4 is 23.1 Å². The van der Waals surface area contributed by atoms with Gasteiger partial charge in [-0.1, -0.05) is 30.3 Å². The molecule has 0 saturated heterocycles. The summed E-state index contributed by atoms with van der Waals surface area (Å²) in [6, 6.07) is 13.7. The van der Waals surface area contributed by atoms with Gasteiger partial charge in [-0.25, -0.2) is 9.78 Å². The van der Waals surface area contributed by atoms with E-state index in [9.17, 15) is 13.6 Å². The van der Waals surface area contributed by atoms with Crippen molar-refractivity contribution < 1.29 is 23.0 Å². The minimum Gasteiger partial charge on any atom is -0.496 e. The maximum Gasteiger partial charge on any atom is 0.331 e.